The fourth-order valence-corrected chi connectivity index (χ4v) is 3.45. The maximum atomic E-state index is 12.9. The predicted molar refractivity (Wildman–Crippen MR) is 93.9 cm³/mol. The molecule has 0 aromatic heterocycles. The number of halogens is 3. The number of hydrogen-bond donors (Lipinski definition) is 1. The second-order valence-corrected chi connectivity index (χ2v) is 6.91. The fourth-order valence-electron chi connectivity index (χ4n) is 3.45. The number of likely N-dealkylation sites (tertiary alicyclic amines) is 1. The minimum absolute atomic E-state index is 0.0219. The van der Waals surface area contributed by atoms with Crippen LogP contribution < -0.4 is 4.74 Å². The molecule has 2 aliphatic heterocycles. The average Bonchev–Trinajstić information content (AvgIpc) is 3.15. The van der Waals surface area contributed by atoms with Crippen LogP contribution in [0.1, 0.15) is 17.5 Å². The molecular formula is C20H16F3NO6. The third-order valence-electron chi connectivity index (χ3n) is 4.85. The molecule has 2 saturated heterocycles. The first-order valence-corrected chi connectivity index (χ1v) is 9.01. The van der Waals surface area contributed by atoms with Crippen LogP contribution in [0.25, 0.3) is 0 Å². The van der Waals surface area contributed by atoms with Gasteiger partial charge in [-0.1, -0.05) is 18.2 Å². The molecule has 30 heavy (non-hydrogen) atoms. The van der Waals surface area contributed by atoms with E-state index in [1.165, 1.54) is 17.0 Å². The second-order valence-electron chi connectivity index (χ2n) is 6.91. The van der Waals surface area contributed by atoms with Crippen LogP contribution in [0.4, 0.5) is 13.2 Å². The summed E-state index contributed by atoms with van der Waals surface area (Å²) in [4.78, 5) is 24.5. The first-order chi connectivity index (χ1) is 14.2. The van der Waals surface area contributed by atoms with Crippen molar-refractivity contribution in [2.75, 3.05) is 6.54 Å². The molecule has 0 amide bonds. The van der Waals surface area contributed by atoms with Crippen molar-refractivity contribution in [2.45, 2.75) is 31.2 Å². The van der Waals surface area contributed by atoms with Gasteiger partial charge in [-0.25, -0.2) is 14.5 Å². The lowest BCUT2D eigenvalue weighted by Gasteiger charge is -2.32. The van der Waals surface area contributed by atoms with Crippen LogP contribution in [0.2, 0.25) is 0 Å². The van der Waals surface area contributed by atoms with Crippen LogP contribution in [0.5, 0.6) is 11.5 Å². The highest BCUT2D eigenvalue weighted by Gasteiger charge is 2.61. The standard InChI is InChI=1S/C20H16F3NO6/c21-19(22,23)13-4-2-6-15(10-13)28-14-5-1-3-12(9-14)11-24-8-7-16(25)20(24)29-17(26)18(27)30-20/h1-6,9-10,16,25H,7-8,11H2. The maximum Gasteiger partial charge on any atom is 0.422 e. The normalized spacial score (nSPS) is 21.0. The maximum absolute atomic E-state index is 12.9. The summed E-state index contributed by atoms with van der Waals surface area (Å²) in [6, 6.07) is 11.0. The Morgan fingerprint density at radius 2 is 1.70 bits per heavy atom. The number of aliphatic hydroxyl groups is 1. The van der Waals surface area contributed by atoms with E-state index in [1.54, 1.807) is 24.3 Å². The van der Waals surface area contributed by atoms with E-state index in [2.05, 4.69) is 0 Å². The molecule has 2 aromatic carbocycles. The summed E-state index contributed by atoms with van der Waals surface area (Å²) in [5.74, 6) is -3.91. The van der Waals surface area contributed by atoms with Crippen LogP contribution in [0.15, 0.2) is 48.5 Å². The number of carbonyl (C=O) groups excluding carboxylic acids is 2. The van der Waals surface area contributed by atoms with Crippen molar-refractivity contribution in [2.24, 2.45) is 0 Å². The monoisotopic (exact) mass is 423 g/mol. The fraction of sp³-hybridized carbons (Fsp3) is 0.300. The Morgan fingerprint density at radius 3 is 2.37 bits per heavy atom. The first-order valence-electron chi connectivity index (χ1n) is 9.01. The quantitative estimate of drug-likeness (QED) is 0.598. The van der Waals surface area contributed by atoms with E-state index in [0.29, 0.717) is 17.9 Å². The first kappa shape index (κ1) is 20.2. The lowest BCUT2D eigenvalue weighted by molar-refractivity contribution is -0.270. The van der Waals surface area contributed by atoms with Gasteiger partial charge < -0.3 is 19.3 Å². The molecule has 4 rings (SSSR count). The van der Waals surface area contributed by atoms with E-state index in [0.717, 1.165) is 12.1 Å². The number of carbonyl (C=O) groups is 2. The van der Waals surface area contributed by atoms with Crippen molar-refractivity contribution in [3.05, 3.63) is 59.7 Å². The molecule has 2 heterocycles. The molecule has 10 heteroatoms. The molecule has 2 aliphatic rings. The molecule has 0 bridgehead atoms. The number of hydrogen-bond acceptors (Lipinski definition) is 7. The van der Waals surface area contributed by atoms with Crippen LogP contribution in [-0.2, 0) is 31.8 Å². The van der Waals surface area contributed by atoms with E-state index in [-0.39, 0.29) is 18.7 Å². The van der Waals surface area contributed by atoms with E-state index in [4.69, 9.17) is 14.2 Å². The zero-order chi connectivity index (χ0) is 21.5. The Bertz CT molecular complexity index is 977. The van der Waals surface area contributed by atoms with Crippen molar-refractivity contribution >= 4 is 11.9 Å². The largest absolute Gasteiger partial charge is 0.457 e. The molecule has 7 nitrogen and oxygen atoms in total. The van der Waals surface area contributed by atoms with Gasteiger partial charge in [0.15, 0.2) is 0 Å². The van der Waals surface area contributed by atoms with Gasteiger partial charge in [0.25, 0.3) is 0 Å². The van der Waals surface area contributed by atoms with Gasteiger partial charge >= 0.3 is 24.0 Å². The zero-order valence-electron chi connectivity index (χ0n) is 15.4. The number of rotatable bonds is 4. The van der Waals surface area contributed by atoms with Gasteiger partial charge in [-0.15, -0.1) is 0 Å². The van der Waals surface area contributed by atoms with E-state index >= 15 is 0 Å². The molecule has 2 fully saturated rings. The lowest BCUT2D eigenvalue weighted by atomic mass is 10.2. The van der Waals surface area contributed by atoms with Gasteiger partial charge in [0.05, 0.1) is 5.56 Å². The number of aliphatic hydroxyl groups excluding tert-OH is 1. The Labute approximate surface area is 168 Å². The van der Waals surface area contributed by atoms with Gasteiger partial charge in [0.1, 0.15) is 17.6 Å². The zero-order valence-corrected chi connectivity index (χ0v) is 15.4. The van der Waals surface area contributed by atoms with Gasteiger partial charge in [0, 0.05) is 13.1 Å². The van der Waals surface area contributed by atoms with Crippen LogP contribution in [0.3, 0.4) is 0 Å². The molecule has 1 unspecified atom stereocenters. The SMILES string of the molecule is O=C1OC2(OC1=O)C(O)CCN2Cc1cccc(Oc2cccc(C(F)(F)F)c2)c1. The molecule has 0 saturated carbocycles. The highest BCUT2D eigenvalue weighted by Crippen LogP contribution is 2.38. The number of nitrogens with zero attached hydrogens (tertiary/aromatic N) is 1. The highest BCUT2D eigenvalue weighted by atomic mass is 19.4. The van der Waals surface area contributed by atoms with Gasteiger partial charge in [-0.2, -0.15) is 13.2 Å². The number of alkyl halides is 3. The van der Waals surface area contributed by atoms with Crippen LogP contribution in [-0.4, -0.2) is 40.5 Å². The van der Waals surface area contributed by atoms with E-state index in [9.17, 15) is 27.9 Å². The molecule has 0 aliphatic carbocycles. The van der Waals surface area contributed by atoms with E-state index in [1.807, 2.05) is 0 Å². The Morgan fingerprint density at radius 1 is 1.07 bits per heavy atom. The van der Waals surface area contributed by atoms with Gasteiger partial charge in [-0.3, -0.25) is 0 Å². The molecule has 2 aromatic rings. The van der Waals surface area contributed by atoms with Crippen molar-refractivity contribution in [3.8, 4) is 11.5 Å². The minimum atomic E-state index is -4.48. The smallest absolute Gasteiger partial charge is 0.422 e. The summed E-state index contributed by atoms with van der Waals surface area (Å²) in [7, 11) is 0. The van der Waals surface area contributed by atoms with Gasteiger partial charge in [-0.05, 0) is 42.3 Å². The number of ether oxygens (including phenoxy) is 3. The topological polar surface area (TPSA) is 85.3 Å². The summed E-state index contributed by atoms with van der Waals surface area (Å²) in [5, 5.41) is 10.2. The molecule has 1 N–H and O–H groups in total. The molecule has 1 spiro atoms. The highest BCUT2D eigenvalue weighted by molar-refractivity contribution is 6.31. The Balaban J connectivity index is 1.52. The van der Waals surface area contributed by atoms with Crippen molar-refractivity contribution in [3.63, 3.8) is 0 Å². The number of benzene rings is 2. The summed E-state index contributed by atoms with van der Waals surface area (Å²) >= 11 is 0. The molecule has 1 atom stereocenters. The third kappa shape index (κ3) is 3.71. The Kier molecular flexibility index (Phi) is 4.91. The van der Waals surface area contributed by atoms with Crippen molar-refractivity contribution < 1.29 is 42.1 Å². The van der Waals surface area contributed by atoms with Crippen LogP contribution >= 0.6 is 0 Å². The van der Waals surface area contributed by atoms with Crippen LogP contribution in [0, 0.1) is 0 Å². The van der Waals surface area contributed by atoms with Crippen molar-refractivity contribution in [1.82, 2.24) is 4.90 Å². The number of esters is 2. The second kappa shape index (κ2) is 7.29. The van der Waals surface area contributed by atoms with Crippen molar-refractivity contribution in [1.29, 1.82) is 0 Å². The summed E-state index contributed by atoms with van der Waals surface area (Å²) in [5.41, 5.74) is -0.180. The minimum Gasteiger partial charge on any atom is -0.457 e. The lowest BCUT2D eigenvalue weighted by Crippen LogP contribution is -2.51. The predicted octanol–water partition coefficient (Wildman–Crippen LogP) is 2.82. The molecule has 158 valence electrons. The van der Waals surface area contributed by atoms with E-state index < -0.39 is 35.7 Å². The summed E-state index contributed by atoms with van der Waals surface area (Å²) < 4.78 is 54.2. The molecular weight excluding hydrogens is 407 g/mol. The molecule has 0 radical (unpaired) electrons. The summed E-state index contributed by atoms with van der Waals surface area (Å²) in [6.07, 6.45) is -5.46. The average molecular weight is 423 g/mol. The third-order valence-corrected chi connectivity index (χ3v) is 4.85. The Hall–Kier alpha value is -3.11. The summed E-state index contributed by atoms with van der Waals surface area (Å²) in [6.45, 7) is 0.428. The van der Waals surface area contributed by atoms with Gasteiger partial charge in [0.2, 0.25) is 0 Å².